The lowest BCUT2D eigenvalue weighted by molar-refractivity contribution is 0.0366. The van der Waals surface area contributed by atoms with Gasteiger partial charge in [-0.3, -0.25) is 9.63 Å². The quantitative estimate of drug-likeness (QED) is 0.747. The number of benzene rings is 2. The fourth-order valence-electron chi connectivity index (χ4n) is 2.32. The second-order valence-corrected chi connectivity index (χ2v) is 4.94. The van der Waals surface area contributed by atoms with Crippen LogP contribution in [-0.2, 0) is 4.84 Å². The number of nitrogens with zero attached hydrogens (tertiary/aromatic N) is 1. The third-order valence-electron chi connectivity index (χ3n) is 3.41. The first-order valence-corrected chi connectivity index (χ1v) is 7.27. The highest BCUT2D eigenvalue weighted by Crippen LogP contribution is 2.25. The van der Waals surface area contributed by atoms with Gasteiger partial charge in [-0.2, -0.15) is 0 Å². The SMILES string of the molecule is CCONC(=O)c1cc(-c2ccc(F)cc2)nc2ccccc12. The van der Waals surface area contributed by atoms with Crippen LogP contribution in [0.2, 0.25) is 0 Å². The molecule has 116 valence electrons. The molecule has 23 heavy (non-hydrogen) atoms. The average molecular weight is 310 g/mol. The molecule has 0 bridgehead atoms. The van der Waals surface area contributed by atoms with Gasteiger partial charge in [-0.25, -0.2) is 14.9 Å². The van der Waals surface area contributed by atoms with Gasteiger partial charge in [0.25, 0.3) is 5.91 Å². The number of fused-ring (bicyclic) bond motifs is 1. The zero-order valence-corrected chi connectivity index (χ0v) is 12.5. The maximum Gasteiger partial charge on any atom is 0.275 e. The largest absolute Gasteiger partial charge is 0.275 e. The highest BCUT2D eigenvalue weighted by Gasteiger charge is 2.14. The standard InChI is InChI=1S/C18H15FN2O2/c1-2-23-21-18(22)15-11-17(12-7-9-13(19)10-8-12)20-16-6-4-3-5-14(15)16/h3-11H,2H2,1H3,(H,21,22). The monoisotopic (exact) mass is 310 g/mol. The topological polar surface area (TPSA) is 51.2 Å². The van der Waals surface area contributed by atoms with Gasteiger partial charge in [-0.05, 0) is 43.3 Å². The molecule has 2 aromatic carbocycles. The fraction of sp³-hybridized carbons (Fsp3) is 0.111. The molecule has 0 aliphatic heterocycles. The molecule has 1 amide bonds. The van der Waals surface area contributed by atoms with E-state index in [4.69, 9.17) is 4.84 Å². The first-order chi connectivity index (χ1) is 11.2. The number of amides is 1. The van der Waals surface area contributed by atoms with E-state index in [0.29, 0.717) is 23.4 Å². The Labute approximate surface area is 132 Å². The summed E-state index contributed by atoms with van der Waals surface area (Å²) in [5, 5.41) is 0.732. The van der Waals surface area contributed by atoms with E-state index in [2.05, 4.69) is 10.5 Å². The predicted octanol–water partition coefficient (Wildman–Crippen LogP) is 3.72. The zero-order valence-electron chi connectivity index (χ0n) is 12.5. The molecule has 0 aliphatic carbocycles. The van der Waals surface area contributed by atoms with Crippen LogP contribution in [0.15, 0.2) is 54.6 Å². The lowest BCUT2D eigenvalue weighted by Gasteiger charge is -2.10. The number of para-hydroxylation sites is 1. The minimum Gasteiger partial charge on any atom is -0.274 e. The summed E-state index contributed by atoms with van der Waals surface area (Å²) in [6, 6.07) is 15.1. The van der Waals surface area contributed by atoms with E-state index in [0.717, 1.165) is 10.9 Å². The molecule has 3 aromatic rings. The highest BCUT2D eigenvalue weighted by atomic mass is 19.1. The van der Waals surface area contributed by atoms with E-state index in [1.807, 2.05) is 24.3 Å². The van der Waals surface area contributed by atoms with Gasteiger partial charge in [-0.15, -0.1) is 0 Å². The number of hydroxylamine groups is 1. The predicted molar refractivity (Wildman–Crippen MR) is 86.2 cm³/mol. The summed E-state index contributed by atoms with van der Waals surface area (Å²) in [5.74, 6) is -0.655. The van der Waals surface area contributed by atoms with Gasteiger partial charge in [0.1, 0.15) is 5.82 Å². The summed E-state index contributed by atoms with van der Waals surface area (Å²) < 4.78 is 13.1. The average Bonchev–Trinajstić information content (AvgIpc) is 2.59. The minimum atomic E-state index is -0.339. The van der Waals surface area contributed by atoms with Crippen molar-refractivity contribution in [3.63, 3.8) is 0 Å². The summed E-state index contributed by atoms with van der Waals surface area (Å²) >= 11 is 0. The first-order valence-electron chi connectivity index (χ1n) is 7.27. The van der Waals surface area contributed by atoms with E-state index < -0.39 is 0 Å². The third-order valence-corrected chi connectivity index (χ3v) is 3.41. The van der Waals surface area contributed by atoms with Gasteiger partial charge in [-0.1, -0.05) is 18.2 Å². The van der Waals surface area contributed by atoms with Crippen LogP contribution in [0.5, 0.6) is 0 Å². The molecular weight excluding hydrogens is 295 g/mol. The molecule has 0 spiro atoms. The smallest absolute Gasteiger partial charge is 0.274 e. The van der Waals surface area contributed by atoms with Crippen molar-refractivity contribution in [3.05, 3.63) is 66.0 Å². The molecule has 5 heteroatoms. The maximum atomic E-state index is 13.1. The van der Waals surface area contributed by atoms with Crippen LogP contribution in [0.4, 0.5) is 4.39 Å². The van der Waals surface area contributed by atoms with Crippen molar-refractivity contribution in [2.45, 2.75) is 6.92 Å². The van der Waals surface area contributed by atoms with Gasteiger partial charge in [0, 0.05) is 10.9 Å². The lowest BCUT2D eigenvalue weighted by Crippen LogP contribution is -2.24. The molecule has 0 saturated carbocycles. The number of carbonyl (C=O) groups is 1. The van der Waals surface area contributed by atoms with Crippen LogP contribution in [0.1, 0.15) is 17.3 Å². The van der Waals surface area contributed by atoms with Crippen molar-refractivity contribution in [3.8, 4) is 11.3 Å². The van der Waals surface area contributed by atoms with E-state index in [1.165, 1.54) is 12.1 Å². The number of hydrogen-bond donors (Lipinski definition) is 1. The summed E-state index contributed by atoms with van der Waals surface area (Å²) in [4.78, 5) is 21.9. The van der Waals surface area contributed by atoms with Gasteiger partial charge >= 0.3 is 0 Å². The number of aromatic nitrogens is 1. The number of carbonyl (C=O) groups excluding carboxylic acids is 1. The molecule has 1 heterocycles. The molecule has 1 aromatic heterocycles. The van der Waals surface area contributed by atoms with Crippen molar-refractivity contribution in [1.29, 1.82) is 0 Å². The second kappa shape index (κ2) is 6.54. The van der Waals surface area contributed by atoms with Crippen LogP contribution in [-0.4, -0.2) is 17.5 Å². The Morgan fingerprint density at radius 2 is 1.91 bits per heavy atom. The van der Waals surface area contributed by atoms with Crippen molar-refractivity contribution in [2.24, 2.45) is 0 Å². The van der Waals surface area contributed by atoms with Gasteiger partial charge in [0.15, 0.2) is 0 Å². The Morgan fingerprint density at radius 1 is 1.17 bits per heavy atom. The van der Waals surface area contributed by atoms with Crippen LogP contribution in [0.3, 0.4) is 0 Å². The number of hydrogen-bond acceptors (Lipinski definition) is 3. The second-order valence-electron chi connectivity index (χ2n) is 4.94. The number of rotatable bonds is 4. The lowest BCUT2D eigenvalue weighted by atomic mass is 10.0. The normalized spacial score (nSPS) is 10.7. The van der Waals surface area contributed by atoms with Crippen LogP contribution in [0, 0.1) is 5.82 Å². The molecule has 0 radical (unpaired) electrons. The van der Waals surface area contributed by atoms with Crippen molar-refractivity contribution < 1.29 is 14.0 Å². The molecule has 4 nitrogen and oxygen atoms in total. The molecule has 0 fully saturated rings. The molecule has 0 atom stereocenters. The van der Waals surface area contributed by atoms with Crippen LogP contribution < -0.4 is 5.48 Å². The van der Waals surface area contributed by atoms with E-state index in [9.17, 15) is 9.18 Å². The summed E-state index contributed by atoms with van der Waals surface area (Å²) in [7, 11) is 0. The Morgan fingerprint density at radius 3 is 2.65 bits per heavy atom. The summed E-state index contributed by atoms with van der Waals surface area (Å²) in [6.45, 7) is 2.16. The summed E-state index contributed by atoms with van der Waals surface area (Å²) in [5.41, 5.74) is 4.89. The summed E-state index contributed by atoms with van der Waals surface area (Å²) in [6.07, 6.45) is 0. The first kappa shape index (κ1) is 15.1. The molecule has 1 N–H and O–H groups in total. The number of halogens is 1. The van der Waals surface area contributed by atoms with Crippen molar-refractivity contribution in [2.75, 3.05) is 6.61 Å². The van der Waals surface area contributed by atoms with Gasteiger partial charge in [0.05, 0.1) is 23.4 Å². The molecule has 0 unspecified atom stereocenters. The Balaban J connectivity index is 2.13. The highest BCUT2D eigenvalue weighted by molar-refractivity contribution is 6.06. The van der Waals surface area contributed by atoms with Crippen molar-refractivity contribution in [1.82, 2.24) is 10.5 Å². The molecule has 0 saturated heterocycles. The Kier molecular flexibility index (Phi) is 4.30. The van der Waals surface area contributed by atoms with Crippen LogP contribution in [0.25, 0.3) is 22.2 Å². The van der Waals surface area contributed by atoms with E-state index in [1.54, 1.807) is 25.1 Å². The maximum absolute atomic E-state index is 13.1. The molecule has 3 rings (SSSR count). The Bertz CT molecular complexity index is 847. The number of pyridine rings is 1. The van der Waals surface area contributed by atoms with Crippen molar-refractivity contribution >= 4 is 16.8 Å². The third kappa shape index (κ3) is 3.19. The van der Waals surface area contributed by atoms with Gasteiger partial charge < -0.3 is 0 Å². The molecular formula is C18H15FN2O2. The minimum absolute atomic E-state index is 0.316. The molecule has 0 aliphatic rings. The van der Waals surface area contributed by atoms with Gasteiger partial charge in [0.2, 0.25) is 0 Å². The van der Waals surface area contributed by atoms with E-state index >= 15 is 0 Å². The Hall–Kier alpha value is -2.79. The fourth-order valence-corrected chi connectivity index (χ4v) is 2.32. The zero-order chi connectivity index (χ0) is 16.2. The number of nitrogens with one attached hydrogen (secondary N) is 1. The van der Waals surface area contributed by atoms with E-state index in [-0.39, 0.29) is 11.7 Å². The van der Waals surface area contributed by atoms with Crippen LogP contribution >= 0.6 is 0 Å².